The second kappa shape index (κ2) is 5.65. The summed E-state index contributed by atoms with van der Waals surface area (Å²) >= 11 is 0. The first kappa shape index (κ1) is 11.9. The Morgan fingerprint density at radius 1 is 1.18 bits per heavy atom. The number of aliphatic hydroxyl groups excluding tert-OH is 1. The fourth-order valence-corrected chi connectivity index (χ4v) is 1.59. The first-order valence-corrected chi connectivity index (χ1v) is 5.39. The van der Waals surface area contributed by atoms with Crippen LogP contribution in [0.5, 0.6) is 0 Å². The van der Waals surface area contributed by atoms with Crippen molar-refractivity contribution in [1.29, 1.82) is 0 Å². The van der Waals surface area contributed by atoms with Crippen molar-refractivity contribution in [2.75, 3.05) is 13.2 Å². The molecule has 2 unspecified atom stereocenters. The van der Waals surface area contributed by atoms with Crippen LogP contribution in [0.3, 0.4) is 0 Å². The minimum atomic E-state index is -0.752. The summed E-state index contributed by atoms with van der Waals surface area (Å²) in [5.41, 5.74) is 1.04. The van der Waals surface area contributed by atoms with Crippen LogP contribution in [-0.4, -0.2) is 36.7 Å². The van der Waals surface area contributed by atoms with E-state index in [0.717, 1.165) is 5.56 Å². The molecule has 2 atom stereocenters. The van der Waals surface area contributed by atoms with Crippen molar-refractivity contribution < 1.29 is 24.1 Å². The van der Waals surface area contributed by atoms with Gasteiger partial charge in [0.1, 0.15) is 0 Å². The molecule has 1 N–H and O–H groups in total. The molecule has 5 nitrogen and oxygen atoms in total. The Hall–Kier alpha value is -1.59. The molecule has 1 saturated heterocycles. The first-order valence-electron chi connectivity index (χ1n) is 5.39. The Labute approximate surface area is 98.9 Å². The second-order valence-electron chi connectivity index (χ2n) is 3.75. The van der Waals surface area contributed by atoms with Crippen molar-refractivity contribution in [3.05, 3.63) is 35.9 Å². The van der Waals surface area contributed by atoms with Crippen LogP contribution >= 0.6 is 0 Å². The van der Waals surface area contributed by atoms with E-state index >= 15 is 0 Å². The number of hydrogen-bond acceptors (Lipinski definition) is 5. The van der Waals surface area contributed by atoms with Gasteiger partial charge in [-0.2, -0.15) is 0 Å². The lowest BCUT2D eigenvalue weighted by Gasteiger charge is -2.13. The van der Waals surface area contributed by atoms with Gasteiger partial charge in [0.05, 0.1) is 19.8 Å². The van der Waals surface area contributed by atoms with Crippen LogP contribution in [0.15, 0.2) is 30.3 Å². The third-order valence-corrected chi connectivity index (χ3v) is 2.48. The maximum Gasteiger partial charge on any atom is 0.509 e. The van der Waals surface area contributed by atoms with E-state index in [2.05, 4.69) is 0 Å². The third-order valence-electron chi connectivity index (χ3n) is 2.48. The first-order chi connectivity index (χ1) is 8.29. The van der Waals surface area contributed by atoms with Crippen molar-refractivity contribution in [2.45, 2.75) is 18.8 Å². The summed E-state index contributed by atoms with van der Waals surface area (Å²) in [7, 11) is 0. The lowest BCUT2D eigenvalue weighted by Crippen LogP contribution is -2.30. The summed E-state index contributed by atoms with van der Waals surface area (Å²) in [6.07, 6.45) is -1.91. The molecule has 5 heteroatoms. The highest BCUT2D eigenvalue weighted by atomic mass is 16.8. The highest BCUT2D eigenvalue weighted by Crippen LogP contribution is 2.15. The predicted octanol–water partition coefficient (Wildman–Crippen LogP) is 1.10. The van der Waals surface area contributed by atoms with Crippen LogP contribution < -0.4 is 0 Å². The monoisotopic (exact) mass is 238 g/mol. The molecule has 0 radical (unpaired) electrons. The molecule has 2 rings (SSSR count). The number of rotatable bonds is 5. The SMILES string of the molecule is O=C1OC(CO)C(COCc2ccccc2)O1. The lowest BCUT2D eigenvalue weighted by molar-refractivity contribution is 0.00944. The van der Waals surface area contributed by atoms with E-state index in [0.29, 0.717) is 6.61 Å². The van der Waals surface area contributed by atoms with Gasteiger partial charge >= 0.3 is 6.16 Å². The summed E-state index contributed by atoms with van der Waals surface area (Å²) in [4.78, 5) is 10.8. The zero-order chi connectivity index (χ0) is 12.1. The highest BCUT2D eigenvalue weighted by molar-refractivity contribution is 5.62. The highest BCUT2D eigenvalue weighted by Gasteiger charge is 2.36. The van der Waals surface area contributed by atoms with Gasteiger partial charge in [-0.25, -0.2) is 4.79 Å². The minimum Gasteiger partial charge on any atom is -0.424 e. The molecule has 0 spiro atoms. The van der Waals surface area contributed by atoms with Gasteiger partial charge in [0.15, 0.2) is 12.2 Å². The van der Waals surface area contributed by atoms with Crippen molar-refractivity contribution >= 4 is 6.16 Å². The van der Waals surface area contributed by atoms with Crippen LogP contribution in [0.4, 0.5) is 4.79 Å². The van der Waals surface area contributed by atoms with Gasteiger partial charge in [0.25, 0.3) is 0 Å². The predicted molar refractivity (Wildman–Crippen MR) is 58.3 cm³/mol. The molecule has 1 fully saturated rings. The molecule has 1 aromatic carbocycles. The summed E-state index contributed by atoms with van der Waals surface area (Å²) in [6.45, 7) is 0.393. The summed E-state index contributed by atoms with van der Waals surface area (Å²) in [5.74, 6) is 0. The molecular formula is C12H14O5. The maximum absolute atomic E-state index is 10.8. The van der Waals surface area contributed by atoms with Gasteiger partial charge in [-0.05, 0) is 5.56 Å². The van der Waals surface area contributed by atoms with Gasteiger partial charge in [0.2, 0.25) is 0 Å². The maximum atomic E-state index is 10.8. The van der Waals surface area contributed by atoms with E-state index in [1.807, 2.05) is 30.3 Å². The number of cyclic esters (lactones) is 2. The summed E-state index contributed by atoms with van der Waals surface area (Å²) in [5, 5.41) is 8.96. The van der Waals surface area contributed by atoms with Crippen LogP contribution in [0.25, 0.3) is 0 Å². The molecule has 1 aliphatic rings. The average molecular weight is 238 g/mol. The topological polar surface area (TPSA) is 65.0 Å². The van der Waals surface area contributed by atoms with Gasteiger partial charge < -0.3 is 19.3 Å². The van der Waals surface area contributed by atoms with E-state index in [1.54, 1.807) is 0 Å². The molecule has 0 bridgehead atoms. The normalized spacial score (nSPS) is 23.2. The molecule has 1 aromatic rings. The van der Waals surface area contributed by atoms with E-state index in [9.17, 15) is 4.79 Å². The molecule has 0 saturated carbocycles. The van der Waals surface area contributed by atoms with Gasteiger partial charge in [-0.3, -0.25) is 0 Å². The van der Waals surface area contributed by atoms with Crippen molar-refractivity contribution in [1.82, 2.24) is 0 Å². The number of benzene rings is 1. The standard InChI is InChI=1S/C12H14O5/c13-6-10-11(17-12(14)16-10)8-15-7-9-4-2-1-3-5-9/h1-5,10-11,13H,6-8H2. The Morgan fingerprint density at radius 2 is 1.88 bits per heavy atom. The third kappa shape index (κ3) is 3.18. The average Bonchev–Trinajstić information content (AvgIpc) is 2.71. The van der Waals surface area contributed by atoms with Crippen molar-refractivity contribution in [3.63, 3.8) is 0 Å². The van der Waals surface area contributed by atoms with E-state index < -0.39 is 18.4 Å². The van der Waals surface area contributed by atoms with Crippen LogP contribution in [-0.2, 0) is 20.8 Å². The molecular weight excluding hydrogens is 224 g/mol. The zero-order valence-corrected chi connectivity index (χ0v) is 9.24. The van der Waals surface area contributed by atoms with E-state index in [4.69, 9.17) is 19.3 Å². The molecule has 17 heavy (non-hydrogen) atoms. The molecule has 92 valence electrons. The minimum absolute atomic E-state index is 0.214. The van der Waals surface area contributed by atoms with E-state index in [1.165, 1.54) is 0 Å². The van der Waals surface area contributed by atoms with Gasteiger partial charge in [0, 0.05) is 0 Å². The summed E-state index contributed by atoms with van der Waals surface area (Å²) in [6, 6.07) is 9.67. The molecule has 0 aliphatic carbocycles. The quantitative estimate of drug-likeness (QED) is 0.778. The second-order valence-corrected chi connectivity index (χ2v) is 3.75. The smallest absolute Gasteiger partial charge is 0.424 e. The van der Waals surface area contributed by atoms with Gasteiger partial charge in [-0.15, -0.1) is 0 Å². The number of aliphatic hydroxyl groups is 1. The van der Waals surface area contributed by atoms with Gasteiger partial charge in [-0.1, -0.05) is 30.3 Å². The largest absolute Gasteiger partial charge is 0.509 e. The number of carbonyl (C=O) groups is 1. The van der Waals surface area contributed by atoms with Crippen molar-refractivity contribution in [3.8, 4) is 0 Å². The Kier molecular flexibility index (Phi) is 3.95. The molecule has 1 aliphatic heterocycles. The molecule has 1 heterocycles. The van der Waals surface area contributed by atoms with Crippen molar-refractivity contribution in [2.24, 2.45) is 0 Å². The fraction of sp³-hybridized carbons (Fsp3) is 0.417. The Morgan fingerprint density at radius 3 is 2.59 bits per heavy atom. The van der Waals surface area contributed by atoms with Crippen LogP contribution in [0.2, 0.25) is 0 Å². The number of hydrogen-bond donors (Lipinski definition) is 1. The summed E-state index contributed by atoms with van der Waals surface area (Å²) < 4.78 is 15.0. The Balaban J connectivity index is 1.77. The lowest BCUT2D eigenvalue weighted by atomic mass is 10.2. The van der Waals surface area contributed by atoms with E-state index in [-0.39, 0.29) is 13.2 Å². The number of ether oxygens (including phenoxy) is 3. The fourth-order valence-electron chi connectivity index (χ4n) is 1.59. The zero-order valence-electron chi connectivity index (χ0n) is 9.24. The Bertz CT molecular complexity index is 364. The number of carbonyl (C=O) groups excluding carboxylic acids is 1. The van der Waals surface area contributed by atoms with Crippen LogP contribution in [0, 0.1) is 0 Å². The molecule has 0 aromatic heterocycles. The molecule has 0 amide bonds. The van der Waals surface area contributed by atoms with Crippen LogP contribution in [0.1, 0.15) is 5.56 Å².